The van der Waals surface area contributed by atoms with Gasteiger partial charge in [0.25, 0.3) is 0 Å². The van der Waals surface area contributed by atoms with Crippen LogP contribution in [0.15, 0.2) is 96.6 Å². The average molecular weight is 424 g/mol. The highest BCUT2D eigenvalue weighted by molar-refractivity contribution is 5.69. The number of piperidine rings is 1. The van der Waals surface area contributed by atoms with E-state index in [0.717, 1.165) is 31.2 Å². The lowest BCUT2D eigenvalue weighted by Gasteiger charge is -2.44. The number of rotatable bonds is 5. The van der Waals surface area contributed by atoms with E-state index in [2.05, 4.69) is 54.6 Å². The van der Waals surface area contributed by atoms with Crippen molar-refractivity contribution in [1.82, 2.24) is 4.90 Å². The first kappa shape index (κ1) is 20.6. The molecule has 3 aromatic carbocycles. The van der Waals surface area contributed by atoms with Crippen LogP contribution in [0.25, 0.3) is 11.1 Å². The van der Waals surface area contributed by atoms with Crippen molar-refractivity contribution in [3.8, 4) is 11.1 Å². The van der Waals surface area contributed by atoms with Gasteiger partial charge in [0.05, 0.1) is 6.04 Å². The van der Waals surface area contributed by atoms with Gasteiger partial charge in [0.1, 0.15) is 6.61 Å². The third-order valence-corrected chi connectivity index (χ3v) is 6.62. The Balaban J connectivity index is 1.25. The Bertz CT molecular complexity index is 1070. The normalized spacial score (nSPS) is 19.9. The minimum atomic E-state index is -0.175. The van der Waals surface area contributed by atoms with Crippen molar-refractivity contribution in [3.05, 3.63) is 108 Å². The van der Waals surface area contributed by atoms with Crippen LogP contribution >= 0.6 is 0 Å². The quantitative estimate of drug-likeness (QED) is 0.423. The largest absolute Gasteiger partial charge is 0.445 e. The van der Waals surface area contributed by atoms with Crippen LogP contribution in [0.5, 0.6) is 0 Å². The summed E-state index contributed by atoms with van der Waals surface area (Å²) in [7, 11) is 0. The summed E-state index contributed by atoms with van der Waals surface area (Å²) >= 11 is 0. The lowest BCUT2D eigenvalue weighted by Crippen LogP contribution is -2.52. The Labute approximate surface area is 190 Å². The summed E-state index contributed by atoms with van der Waals surface area (Å²) in [6.45, 7) is 0.333. The second-order valence-corrected chi connectivity index (χ2v) is 8.87. The summed E-state index contributed by atoms with van der Waals surface area (Å²) in [4.78, 5) is 14.9. The molecular weight excluding hydrogens is 394 g/mol. The van der Waals surface area contributed by atoms with E-state index in [4.69, 9.17) is 4.74 Å². The van der Waals surface area contributed by atoms with E-state index in [1.165, 1.54) is 28.7 Å². The first-order chi connectivity index (χ1) is 15.8. The van der Waals surface area contributed by atoms with Gasteiger partial charge in [0.15, 0.2) is 0 Å². The molecule has 0 N–H and O–H groups in total. The van der Waals surface area contributed by atoms with Crippen molar-refractivity contribution >= 4 is 6.09 Å². The van der Waals surface area contributed by atoms with E-state index in [1.807, 2.05) is 41.3 Å². The van der Waals surface area contributed by atoms with Gasteiger partial charge in [0.2, 0.25) is 0 Å². The Morgan fingerprint density at radius 3 is 2.22 bits per heavy atom. The summed E-state index contributed by atoms with van der Waals surface area (Å²) in [6.07, 6.45) is 7.30. The van der Waals surface area contributed by atoms with E-state index >= 15 is 0 Å². The predicted molar refractivity (Wildman–Crippen MR) is 128 cm³/mol. The molecule has 2 bridgehead atoms. The number of hydrogen-bond donors (Lipinski definition) is 0. The van der Waals surface area contributed by atoms with Gasteiger partial charge in [-0.2, -0.15) is 0 Å². The highest BCUT2D eigenvalue weighted by Gasteiger charge is 2.37. The molecule has 2 aliphatic heterocycles. The van der Waals surface area contributed by atoms with Crippen LogP contribution < -0.4 is 0 Å². The summed E-state index contributed by atoms with van der Waals surface area (Å²) in [5.41, 5.74) is 6.29. The number of carbonyl (C=O) groups excluding carboxylic acids is 1. The van der Waals surface area contributed by atoms with Gasteiger partial charge in [0, 0.05) is 6.04 Å². The van der Waals surface area contributed by atoms with Crippen LogP contribution in [-0.2, 0) is 17.8 Å². The second kappa shape index (κ2) is 9.44. The topological polar surface area (TPSA) is 29.5 Å². The van der Waals surface area contributed by atoms with Gasteiger partial charge in [-0.05, 0) is 54.4 Å². The first-order valence-corrected chi connectivity index (χ1v) is 11.6. The van der Waals surface area contributed by atoms with Gasteiger partial charge in [-0.1, -0.05) is 96.6 Å². The zero-order valence-electron chi connectivity index (χ0n) is 18.3. The van der Waals surface area contributed by atoms with Crippen molar-refractivity contribution in [2.75, 3.05) is 0 Å². The maximum absolute atomic E-state index is 12.9. The summed E-state index contributed by atoms with van der Waals surface area (Å²) in [5, 5.41) is 0. The lowest BCUT2D eigenvalue weighted by atomic mass is 9.83. The number of fused-ring (bicyclic) bond motifs is 2. The van der Waals surface area contributed by atoms with Crippen LogP contribution in [0, 0.1) is 0 Å². The molecule has 3 nitrogen and oxygen atoms in total. The van der Waals surface area contributed by atoms with E-state index in [1.54, 1.807) is 0 Å². The Morgan fingerprint density at radius 2 is 1.50 bits per heavy atom. The Morgan fingerprint density at radius 1 is 0.812 bits per heavy atom. The van der Waals surface area contributed by atoms with E-state index < -0.39 is 0 Å². The number of ether oxygens (including phenoxy) is 1. The SMILES string of the molecule is O=C(OCc1ccccc1)N1C2C=C(Cc3ccc(-c4ccccc4)cc3)CC1CCC2. The fraction of sp³-hybridized carbons (Fsp3) is 0.276. The van der Waals surface area contributed by atoms with Gasteiger partial charge >= 0.3 is 6.09 Å². The molecule has 3 aromatic rings. The van der Waals surface area contributed by atoms with Gasteiger partial charge < -0.3 is 4.74 Å². The zero-order chi connectivity index (χ0) is 21.8. The van der Waals surface area contributed by atoms with Crippen molar-refractivity contribution in [2.45, 2.75) is 50.8 Å². The fourth-order valence-corrected chi connectivity index (χ4v) is 5.04. The minimum absolute atomic E-state index is 0.157. The van der Waals surface area contributed by atoms with E-state index in [-0.39, 0.29) is 18.2 Å². The molecule has 0 aliphatic carbocycles. The molecule has 2 atom stereocenters. The van der Waals surface area contributed by atoms with Gasteiger partial charge in [-0.3, -0.25) is 4.90 Å². The van der Waals surface area contributed by atoms with Gasteiger partial charge in [-0.15, -0.1) is 0 Å². The Kier molecular flexibility index (Phi) is 6.06. The molecule has 0 spiro atoms. The lowest BCUT2D eigenvalue weighted by molar-refractivity contribution is 0.0481. The predicted octanol–water partition coefficient (Wildman–Crippen LogP) is 6.79. The highest BCUT2D eigenvalue weighted by atomic mass is 16.6. The Hall–Kier alpha value is -3.33. The molecule has 0 saturated carbocycles. The highest BCUT2D eigenvalue weighted by Crippen LogP contribution is 2.35. The monoisotopic (exact) mass is 423 g/mol. The third kappa shape index (κ3) is 4.62. The molecule has 2 heterocycles. The number of amides is 1. The molecule has 3 heteroatoms. The van der Waals surface area contributed by atoms with Crippen LogP contribution in [0.4, 0.5) is 4.79 Å². The van der Waals surface area contributed by atoms with Crippen LogP contribution in [-0.4, -0.2) is 23.1 Å². The number of nitrogens with zero attached hydrogens (tertiary/aromatic N) is 1. The van der Waals surface area contributed by atoms with Gasteiger partial charge in [-0.25, -0.2) is 4.79 Å². The number of benzene rings is 3. The molecule has 0 aromatic heterocycles. The molecule has 0 radical (unpaired) electrons. The summed E-state index contributed by atoms with van der Waals surface area (Å²) in [6, 6.07) is 29.7. The molecule has 2 aliphatic rings. The van der Waals surface area contributed by atoms with Crippen molar-refractivity contribution in [1.29, 1.82) is 0 Å². The first-order valence-electron chi connectivity index (χ1n) is 11.6. The summed E-state index contributed by atoms with van der Waals surface area (Å²) < 4.78 is 5.67. The number of carbonyl (C=O) groups is 1. The molecule has 2 unspecified atom stereocenters. The molecule has 162 valence electrons. The fourth-order valence-electron chi connectivity index (χ4n) is 5.04. The van der Waals surface area contributed by atoms with Crippen molar-refractivity contribution in [3.63, 3.8) is 0 Å². The summed E-state index contributed by atoms with van der Waals surface area (Å²) in [5.74, 6) is 0. The minimum Gasteiger partial charge on any atom is -0.445 e. The molecule has 32 heavy (non-hydrogen) atoms. The van der Waals surface area contributed by atoms with E-state index in [0.29, 0.717) is 6.61 Å². The van der Waals surface area contributed by atoms with Crippen molar-refractivity contribution in [2.24, 2.45) is 0 Å². The third-order valence-electron chi connectivity index (χ3n) is 6.62. The molecule has 1 fully saturated rings. The van der Waals surface area contributed by atoms with E-state index in [9.17, 15) is 4.79 Å². The standard InChI is InChI=1S/C29H29NO2/c31-29(32-21-23-8-3-1-4-9-23)30-27-12-7-13-28(30)20-24(19-27)18-22-14-16-26(17-15-22)25-10-5-2-6-11-25/h1-6,8-11,14-17,19,27-28H,7,12-13,18,20-21H2. The average Bonchev–Trinajstić information content (AvgIpc) is 2.84. The molecule has 1 saturated heterocycles. The second-order valence-electron chi connectivity index (χ2n) is 8.87. The van der Waals surface area contributed by atoms with Crippen LogP contribution in [0.1, 0.15) is 36.8 Å². The van der Waals surface area contributed by atoms with Crippen molar-refractivity contribution < 1.29 is 9.53 Å². The maximum atomic E-state index is 12.9. The zero-order valence-corrected chi connectivity index (χ0v) is 18.3. The molecule has 1 amide bonds. The van der Waals surface area contributed by atoms with Crippen LogP contribution in [0.3, 0.4) is 0 Å². The molecule has 5 rings (SSSR count). The van der Waals surface area contributed by atoms with Crippen LogP contribution in [0.2, 0.25) is 0 Å². The number of hydrogen-bond acceptors (Lipinski definition) is 2. The maximum Gasteiger partial charge on any atom is 0.410 e. The molecular formula is C29H29NO2. The smallest absolute Gasteiger partial charge is 0.410 e.